The van der Waals surface area contributed by atoms with Gasteiger partial charge in [0.05, 0.1) is 17.1 Å². The largest absolute Gasteiger partial charge is 0.321 e. The average molecular weight is 451 g/mol. The SMILES string of the molecule is Cc1nn(Cc2ccccc2Cl)c2sc(C(=O)Nc3cc(Cl)cc(Cl)c3)cc12. The van der Waals surface area contributed by atoms with Crippen molar-refractivity contribution in [1.29, 1.82) is 0 Å². The van der Waals surface area contributed by atoms with Crippen molar-refractivity contribution in [3.8, 4) is 0 Å². The molecule has 0 aliphatic heterocycles. The van der Waals surface area contributed by atoms with Gasteiger partial charge >= 0.3 is 0 Å². The molecule has 1 N–H and O–H groups in total. The van der Waals surface area contributed by atoms with Crippen molar-refractivity contribution in [3.63, 3.8) is 0 Å². The Morgan fingerprint density at radius 1 is 1.11 bits per heavy atom. The molecule has 4 aromatic rings. The molecule has 2 heterocycles. The minimum atomic E-state index is -0.219. The summed E-state index contributed by atoms with van der Waals surface area (Å²) in [6.45, 7) is 2.46. The summed E-state index contributed by atoms with van der Waals surface area (Å²) in [7, 11) is 0. The molecule has 142 valence electrons. The van der Waals surface area contributed by atoms with Crippen LogP contribution in [0.1, 0.15) is 20.9 Å². The summed E-state index contributed by atoms with van der Waals surface area (Å²) in [5, 5.41) is 10.0. The van der Waals surface area contributed by atoms with Crippen LogP contribution in [0.15, 0.2) is 48.5 Å². The van der Waals surface area contributed by atoms with Crippen LogP contribution in [-0.4, -0.2) is 15.7 Å². The van der Waals surface area contributed by atoms with Crippen molar-refractivity contribution in [2.75, 3.05) is 5.32 Å². The van der Waals surface area contributed by atoms with Crippen LogP contribution < -0.4 is 5.32 Å². The topological polar surface area (TPSA) is 46.9 Å². The number of hydrogen-bond donors (Lipinski definition) is 1. The molecule has 0 saturated heterocycles. The number of thiophene rings is 1. The first kappa shape index (κ1) is 19.3. The van der Waals surface area contributed by atoms with Gasteiger partial charge in [-0.1, -0.05) is 53.0 Å². The van der Waals surface area contributed by atoms with Gasteiger partial charge in [-0.3, -0.25) is 9.48 Å². The predicted octanol–water partition coefficient (Wildman–Crippen LogP) is 6.67. The molecule has 0 aliphatic rings. The number of carbonyl (C=O) groups excluding carboxylic acids is 1. The van der Waals surface area contributed by atoms with E-state index in [9.17, 15) is 4.79 Å². The molecule has 0 radical (unpaired) electrons. The number of halogens is 3. The third-order valence-electron chi connectivity index (χ3n) is 4.23. The lowest BCUT2D eigenvalue weighted by molar-refractivity contribution is 0.103. The Kier molecular flexibility index (Phi) is 5.34. The van der Waals surface area contributed by atoms with E-state index in [1.54, 1.807) is 18.2 Å². The lowest BCUT2D eigenvalue weighted by atomic mass is 10.2. The molecule has 0 atom stereocenters. The summed E-state index contributed by atoms with van der Waals surface area (Å²) < 4.78 is 1.88. The number of anilines is 1. The van der Waals surface area contributed by atoms with E-state index in [2.05, 4.69) is 10.4 Å². The normalized spacial score (nSPS) is 11.1. The molecule has 0 bridgehead atoms. The minimum Gasteiger partial charge on any atom is -0.321 e. The van der Waals surface area contributed by atoms with Crippen LogP contribution in [0.3, 0.4) is 0 Å². The van der Waals surface area contributed by atoms with Crippen molar-refractivity contribution in [2.45, 2.75) is 13.5 Å². The Bertz CT molecular complexity index is 1180. The van der Waals surface area contributed by atoms with Gasteiger partial charge in [0.1, 0.15) is 4.83 Å². The van der Waals surface area contributed by atoms with Crippen LogP contribution in [0.2, 0.25) is 15.1 Å². The quantitative estimate of drug-likeness (QED) is 0.377. The highest BCUT2D eigenvalue weighted by atomic mass is 35.5. The Morgan fingerprint density at radius 3 is 2.54 bits per heavy atom. The van der Waals surface area contributed by atoms with Crippen molar-refractivity contribution in [1.82, 2.24) is 9.78 Å². The fraction of sp³-hybridized carbons (Fsp3) is 0.100. The van der Waals surface area contributed by atoms with E-state index in [4.69, 9.17) is 34.8 Å². The molecule has 1 amide bonds. The predicted molar refractivity (Wildman–Crippen MR) is 117 cm³/mol. The third kappa shape index (κ3) is 3.89. The summed E-state index contributed by atoms with van der Waals surface area (Å²) >= 11 is 19.7. The highest BCUT2D eigenvalue weighted by molar-refractivity contribution is 7.20. The van der Waals surface area contributed by atoms with Crippen LogP contribution in [0.4, 0.5) is 5.69 Å². The number of rotatable bonds is 4. The van der Waals surface area contributed by atoms with Crippen molar-refractivity contribution in [2.24, 2.45) is 0 Å². The second-order valence-corrected chi connectivity index (χ2v) is 8.59. The molecule has 0 fully saturated rings. The number of benzene rings is 2. The van der Waals surface area contributed by atoms with Crippen molar-refractivity contribution in [3.05, 3.63) is 79.7 Å². The zero-order valence-corrected chi connectivity index (χ0v) is 17.8. The third-order valence-corrected chi connectivity index (χ3v) is 6.18. The van der Waals surface area contributed by atoms with E-state index in [1.165, 1.54) is 11.3 Å². The first-order valence-electron chi connectivity index (χ1n) is 8.38. The van der Waals surface area contributed by atoms with Gasteiger partial charge in [0.2, 0.25) is 0 Å². The summed E-state index contributed by atoms with van der Waals surface area (Å²) in [6.07, 6.45) is 0. The molecular weight excluding hydrogens is 437 g/mol. The number of nitrogens with zero attached hydrogens (tertiary/aromatic N) is 2. The molecule has 2 aromatic carbocycles. The number of amides is 1. The fourth-order valence-electron chi connectivity index (χ4n) is 2.94. The lowest BCUT2D eigenvalue weighted by Crippen LogP contribution is -2.10. The Labute approximate surface area is 180 Å². The van der Waals surface area contributed by atoms with Gasteiger partial charge in [-0.05, 0) is 42.8 Å². The van der Waals surface area contributed by atoms with Crippen LogP contribution in [0, 0.1) is 6.92 Å². The molecule has 0 aliphatic carbocycles. The highest BCUT2D eigenvalue weighted by Crippen LogP contribution is 2.31. The maximum Gasteiger partial charge on any atom is 0.265 e. The number of aryl methyl sites for hydroxylation is 1. The van der Waals surface area contributed by atoms with E-state index < -0.39 is 0 Å². The van der Waals surface area contributed by atoms with Gasteiger partial charge in [-0.2, -0.15) is 5.10 Å². The number of nitrogens with one attached hydrogen (secondary N) is 1. The Morgan fingerprint density at radius 2 is 1.82 bits per heavy atom. The van der Waals surface area contributed by atoms with Gasteiger partial charge < -0.3 is 5.32 Å². The molecule has 0 saturated carbocycles. The molecular formula is C20H14Cl3N3OS. The molecule has 4 nitrogen and oxygen atoms in total. The first-order chi connectivity index (χ1) is 13.4. The smallest absolute Gasteiger partial charge is 0.265 e. The fourth-order valence-corrected chi connectivity index (χ4v) is 4.72. The van der Waals surface area contributed by atoms with E-state index in [0.717, 1.165) is 21.5 Å². The van der Waals surface area contributed by atoms with Crippen LogP contribution in [0.5, 0.6) is 0 Å². The molecule has 4 rings (SSSR count). The van der Waals surface area contributed by atoms with Crippen LogP contribution >= 0.6 is 46.1 Å². The average Bonchev–Trinajstić information content (AvgIpc) is 3.18. The zero-order valence-electron chi connectivity index (χ0n) is 14.7. The summed E-state index contributed by atoms with van der Waals surface area (Å²) in [4.78, 5) is 14.2. The second-order valence-electron chi connectivity index (χ2n) is 6.28. The Balaban J connectivity index is 1.64. The number of hydrogen-bond acceptors (Lipinski definition) is 3. The Hall–Kier alpha value is -2.05. The van der Waals surface area contributed by atoms with E-state index in [0.29, 0.717) is 32.2 Å². The van der Waals surface area contributed by atoms with Crippen molar-refractivity contribution >= 4 is 68.0 Å². The molecule has 28 heavy (non-hydrogen) atoms. The number of fused-ring (bicyclic) bond motifs is 1. The maximum absolute atomic E-state index is 12.7. The number of carbonyl (C=O) groups is 1. The summed E-state index contributed by atoms with van der Waals surface area (Å²) in [6, 6.07) is 14.4. The molecule has 2 aromatic heterocycles. The van der Waals surface area contributed by atoms with E-state index in [-0.39, 0.29) is 5.91 Å². The molecule has 0 unspecified atom stereocenters. The molecule has 0 spiro atoms. The van der Waals surface area contributed by atoms with E-state index in [1.807, 2.05) is 41.9 Å². The highest BCUT2D eigenvalue weighted by Gasteiger charge is 2.17. The van der Waals surface area contributed by atoms with Gasteiger partial charge in [0.15, 0.2) is 0 Å². The maximum atomic E-state index is 12.7. The van der Waals surface area contributed by atoms with Gasteiger partial charge in [-0.15, -0.1) is 11.3 Å². The summed E-state index contributed by atoms with van der Waals surface area (Å²) in [5.41, 5.74) is 2.39. The summed E-state index contributed by atoms with van der Waals surface area (Å²) in [5.74, 6) is -0.219. The lowest BCUT2D eigenvalue weighted by Gasteiger charge is -2.06. The number of aromatic nitrogens is 2. The minimum absolute atomic E-state index is 0.219. The second kappa shape index (κ2) is 7.76. The van der Waals surface area contributed by atoms with Gasteiger partial charge in [0.25, 0.3) is 5.91 Å². The van der Waals surface area contributed by atoms with Crippen LogP contribution in [-0.2, 0) is 6.54 Å². The zero-order chi connectivity index (χ0) is 19.8. The van der Waals surface area contributed by atoms with Gasteiger partial charge in [0, 0.05) is 26.1 Å². The monoisotopic (exact) mass is 449 g/mol. The molecule has 8 heteroatoms. The van der Waals surface area contributed by atoms with Crippen molar-refractivity contribution < 1.29 is 4.79 Å². The van der Waals surface area contributed by atoms with Crippen LogP contribution in [0.25, 0.3) is 10.2 Å². The van der Waals surface area contributed by atoms with E-state index >= 15 is 0 Å². The first-order valence-corrected chi connectivity index (χ1v) is 10.3. The standard InChI is InChI=1S/C20H14Cl3N3OS/c1-11-16-9-18(19(27)24-15-7-13(21)6-14(22)8-15)28-20(16)26(25-11)10-12-4-2-3-5-17(12)23/h2-9H,10H2,1H3,(H,24,27). The van der Waals surface area contributed by atoms with Gasteiger partial charge in [-0.25, -0.2) is 0 Å².